The zero-order valence-electron chi connectivity index (χ0n) is 27.9. The van der Waals surface area contributed by atoms with Crippen molar-refractivity contribution in [1.82, 2.24) is 10.6 Å². The number of fused-ring (bicyclic) bond motifs is 5. The van der Waals surface area contributed by atoms with Crippen molar-refractivity contribution in [1.29, 1.82) is 0 Å². The van der Waals surface area contributed by atoms with Gasteiger partial charge < -0.3 is 21.5 Å². The number of hydrogen-bond donors (Lipinski definition) is 5. The first-order chi connectivity index (χ1) is 20.3. The molecule has 4 fully saturated rings. The summed E-state index contributed by atoms with van der Waals surface area (Å²) < 4.78 is 37.1. The van der Waals surface area contributed by atoms with Crippen LogP contribution in [0.4, 0.5) is 0 Å². The first kappa shape index (κ1) is 35.6. The van der Waals surface area contributed by atoms with E-state index < -0.39 is 16.5 Å². The number of unbranched alkanes of at least 4 members (excludes halogenated alkanes) is 1. The van der Waals surface area contributed by atoms with Crippen LogP contribution in [0.15, 0.2) is 0 Å². The summed E-state index contributed by atoms with van der Waals surface area (Å²) >= 11 is 0. The molecule has 0 saturated heterocycles. The van der Waals surface area contributed by atoms with Crippen molar-refractivity contribution < 1.29 is 22.3 Å². The summed E-state index contributed by atoms with van der Waals surface area (Å²) in [5.41, 5.74) is 6.13. The van der Waals surface area contributed by atoms with Crippen molar-refractivity contribution in [3.05, 3.63) is 0 Å². The normalized spacial score (nSPS) is 39.2. The van der Waals surface area contributed by atoms with Crippen LogP contribution in [-0.2, 0) is 14.6 Å². The van der Waals surface area contributed by atoms with Crippen LogP contribution < -0.4 is 16.4 Å². The summed E-state index contributed by atoms with van der Waals surface area (Å²) in [7, 11) is -4.45. The van der Waals surface area contributed by atoms with E-state index in [4.69, 9.17) is 9.92 Å². The van der Waals surface area contributed by atoms with Gasteiger partial charge in [-0.25, -0.2) is 4.18 Å². The maximum Gasteiger partial charge on any atom is 0.397 e. The molecule has 0 heterocycles. The smallest absolute Gasteiger partial charge is 0.393 e. The predicted octanol–water partition coefficient (Wildman–Crippen LogP) is 5.55. The molecule has 2 unspecified atom stereocenters. The van der Waals surface area contributed by atoms with Gasteiger partial charge in [0.2, 0.25) is 0 Å². The van der Waals surface area contributed by atoms with E-state index in [0.29, 0.717) is 53.4 Å². The van der Waals surface area contributed by atoms with Gasteiger partial charge >= 0.3 is 10.4 Å². The van der Waals surface area contributed by atoms with Crippen molar-refractivity contribution in [2.45, 2.75) is 136 Å². The van der Waals surface area contributed by atoms with Gasteiger partial charge in [0.1, 0.15) is 0 Å². The van der Waals surface area contributed by atoms with Gasteiger partial charge in [-0.3, -0.25) is 4.55 Å². The first-order valence-electron chi connectivity index (χ1n) is 17.8. The molecule has 0 aromatic rings. The van der Waals surface area contributed by atoms with Crippen molar-refractivity contribution in [3.63, 3.8) is 0 Å². The molecule has 11 atom stereocenters. The highest BCUT2D eigenvalue weighted by atomic mass is 32.3. The van der Waals surface area contributed by atoms with Crippen molar-refractivity contribution in [3.8, 4) is 0 Å². The molecule has 4 aliphatic rings. The van der Waals surface area contributed by atoms with Crippen LogP contribution in [0.2, 0.25) is 0 Å². The molecule has 4 aliphatic carbocycles. The number of nitrogens with two attached hydrogens (primary N) is 1. The summed E-state index contributed by atoms with van der Waals surface area (Å²) in [5, 5.41) is 19.2. The Labute approximate surface area is 263 Å². The Morgan fingerprint density at radius 1 is 0.907 bits per heavy atom. The van der Waals surface area contributed by atoms with Crippen LogP contribution in [0.25, 0.3) is 0 Å². The lowest BCUT2D eigenvalue weighted by Crippen LogP contribution is -2.59. The Kier molecular flexibility index (Phi) is 12.5. The molecule has 9 heteroatoms. The van der Waals surface area contributed by atoms with Gasteiger partial charge in [-0.15, -0.1) is 0 Å². The minimum Gasteiger partial charge on any atom is -0.393 e. The Morgan fingerprint density at radius 2 is 1.60 bits per heavy atom. The van der Waals surface area contributed by atoms with Gasteiger partial charge in [0.05, 0.1) is 12.2 Å². The number of hydrogen-bond acceptors (Lipinski definition) is 7. The van der Waals surface area contributed by atoms with Crippen LogP contribution in [0.3, 0.4) is 0 Å². The second-order valence-corrected chi connectivity index (χ2v) is 17.0. The molecular weight excluding hydrogens is 562 g/mol. The van der Waals surface area contributed by atoms with Gasteiger partial charge in [-0.1, -0.05) is 34.6 Å². The number of rotatable bonds is 16. The quantitative estimate of drug-likeness (QED) is 0.111. The summed E-state index contributed by atoms with van der Waals surface area (Å²) in [6, 6.07) is 0.573. The zero-order chi connectivity index (χ0) is 31.4. The number of nitrogens with one attached hydrogen (secondary N) is 2. The average Bonchev–Trinajstić information content (AvgIpc) is 3.29. The third kappa shape index (κ3) is 8.36. The molecule has 4 rings (SSSR count). The monoisotopic (exact) mass is 627 g/mol. The third-order valence-corrected chi connectivity index (χ3v) is 13.6. The van der Waals surface area contributed by atoms with Crippen LogP contribution in [0.1, 0.15) is 118 Å². The van der Waals surface area contributed by atoms with Crippen LogP contribution in [0.5, 0.6) is 0 Å². The molecule has 0 spiro atoms. The molecule has 0 aromatic carbocycles. The molecule has 0 radical (unpaired) electrons. The summed E-state index contributed by atoms with van der Waals surface area (Å²) in [4.78, 5) is 0. The number of aliphatic hydroxyl groups is 1. The fraction of sp³-hybridized carbons (Fsp3) is 1.00. The average molecular weight is 628 g/mol. The molecule has 4 saturated carbocycles. The lowest BCUT2D eigenvalue weighted by molar-refractivity contribution is -0.167. The Bertz CT molecular complexity index is 981. The molecule has 0 aliphatic heterocycles. The predicted molar refractivity (Wildman–Crippen MR) is 174 cm³/mol. The van der Waals surface area contributed by atoms with Gasteiger partial charge in [-0.2, -0.15) is 8.42 Å². The Balaban J connectivity index is 1.32. The minimum absolute atomic E-state index is 0.0152. The van der Waals surface area contributed by atoms with Gasteiger partial charge in [0.15, 0.2) is 0 Å². The fourth-order valence-corrected chi connectivity index (χ4v) is 11.3. The number of aliphatic hydroxyl groups excluding tert-OH is 1. The maximum atomic E-state index is 11.8. The summed E-state index contributed by atoms with van der Waals surface area (Å²) in [5.74, 6) is 3.21. The third-order valence-electron chi connectivity index (χ3n) is 13.1. The van der Waals surface area contributed by atoms with Crippen molar-refractivity contribution >= 4 is 10.4 Å². The molecule has 0 amide bonds. The highest BCUT2D eigenvalue weighted by molar-refractivity contribution is 7.80. The molecule has 0 bridgehead atoms. The van der Waals surface area contributed by atoms with E-state index >= 15 is 0 Å². The summed E-state index contributed by atoms with van der Waals surface area (Å²) in [6.45, 7) is 15.3. The molecule has 8 nitrogen and oxygen atoms in total. The minimum atomic E-state index is -4.45. The highest BCUT2D eigenvalue weighted by Crippen LogP contribution is 2.68. The fourth-order valence-electron chi connectivity index (χ4n) is 10.7. The highest BCUT2D eigenvalue weighted by Gasteiger charge is 2.62. The lowest BCUT2D eigenvalue weighted by atomic mass is 9.43. The summed E-state index contributed by atoms with van der Waals surface area (Å²) in [6.07, 6.45) is 13.7. The van der Waals surface area contributed by atoms with E-state index in [1.807, 2.05) is 13.8 Å². The molecular formula is C34H65N3O5S. The zero-order valence-corrected chi connectivity index (χ0v) is 28.7. The van der Waals surface area contributed by atoms with Crippen LogP contribution in [0, 0.1) is 52.3 Å². The standard InChI is InChI=1S/C34H65N3O5S/c1-23(2)31(42-43(39,40)41)12-9-24(3)27-10-11-28-32-29(14-16-34(27,28)5)33(4)15-13-26(21-25(33)22-30(32)38)37-20-8-19-36-18-7-6-17-35/h23-32,36-38H,6-22,35H2,1-5H3,(H,39,40,41)/t24-,25-,26+,27-,28+,29?,30+,31+,32?,33+,34-/m1/s1. The van der Waals surface area contributed by atoms with E-state index in [9.17, 15) is 18.1 Å². The van der Waals surface area contributed by atoms with E-state index in [1.54, 1.807) is 0 Å². The van der Waals surface area contributed by atoms with Crippen LogP contribution >= 0.6 is 0 Å². The van der Waals surface area contributed by atoms with Crippen molar-refractivity contribution in [2.24, 2.45) is 58.0 Å². The lowest BCUT2D eigenvalue weighted by Gasteiger charge is -2.62. The first-order valence-corrected chi connectivity index (χ1v) is 19.1. The van der Waals surface area contributed by atoms with Gasteiger partial charge in [0.25, 0.3) is 0 Å². The largest absolute Gasteiger partial charge is 0.397 e. The van der Waals surface area contributed by atoms with E-state index in [0.717, 1.165) is 58.3 Å². The molecule has 252 valence electrons. The second-order valence-electron chi connectivity index (χ2n) is 15.9. The molecule has 6 N–H and O–H groups in total. The second kappa shape index (κ2) is 15.1. The Morgan fingerprint density at radius 3 is 2.30 bits per heavy atom. The SMILES string of the molecule is CC(C)[C@H](CC[C@@H](C)[C@H]1CC[C@H]2C3C(CC[C@]12C)[C@@]1(C)CC[C@H](NCCCNCCCCN)C[C@@H]1C[C@@H]3O)OS(=O)(=O)O. The van der Waals surface area contributed by atoms with E-state index in [1.165, 1.54) is 44.9 Å². The van der Waals surface area contributed by atoms with Crippen LogP contribution in [-0.4, -0.2) is 62.5 Å². The van der Waals surface area contributed by atoms with E-state index in [-0.39, 0.29) is 17.4 Å². The Hall–Kier alpha value is -0.290. The van der Waals surface area contributed by atoms with E-state index in [2.05, 4.69) is 31.4 Å². The molecule has 0 aromatic heterocycles. The van der Waals surface area contributed by atoms with Crippen molar-refractivity contribution in [2.75, 3.05) is 26.2 Å². The van der Waals surface area contributed by atoms with Gasteiger partial charge in [0, 0.05) is 6.04 Å². The molecule has 43 heavy (non-hydrogen) atoms. The van der Waals surface area contributed by atoms with Gasteiger partial charge in [-0.05, 0) is 162 Å². The topological polar surface area (TPSA) is 134 Å². The maximum absolute atomic E-state index is 11.8.